The smallest absolute Gasteiger partial charge is 0.320 e. The summed E-state index contributed by atoms with van der Waals surface area (Å²) in [5.41, 5.74) is 4.84. The molecule has 7 nitrogen and oxygen atoms in total. The van der Waals surface area contributed by atoms with Gasteiger partial charge in [-0.15, -0.1) is 0 Å². The van der Waals surface area contributed by atoms with E-state index in [-0.39, 0.29) is 6.29 Å². The summed E-state index contributed by atoms with van der Waals surface area (Å²) in [7, 11) is -4.04. The molecule has 0 heterocycles. The van der Waals surface area contributed by atoms with Crippen LogP contribution in [0.1, 0.15) is 6.92 Å². The maximum absolute atomic E-state index is 9.57. The number of hydrogen-bond acceptors (Lipinski definition) is 5. The Morgan fingerprint density at radius 2 is 1.92 bits per heavy atom. The maximum atomic E-state index is 9.57. The summed E-state index contributed by atoms with van der Waals surface area (Å²) in [6, 6.07) is -0.731. The molecule has 8 heteroatoms. The second kappa shape index (κ2) is 6.52. The summed E-state index contributed by atoms with van der Waals surface area (Å²) in [5.74, 6) is -1.78. The van der Waals surface area contributed by atoms with E-state index in [1.807, 2.05) is 0 Å². The Morgan fingerprint density at radius 3 is 1.92 bits per heavy atom. The fourth-order valence-electron chi connectivity index (χ4n) is 0.0860. The Morgan fingerprint density at radius 1 is 1.62 bits per heavy atom. The van der Waals surface area contributed by atoms with Crippen molar-refractivity contribution in [2.24, 2.45) is 5.73 Å². The van der Waals surface area contributed by atoms with Gasteiger partial charge in [-0.25, -0.2) is 0 Å². The Hall–Kier alpha value is -0.990. The highest BCUT2D eigenvalue weighted by Crippen LogP contribution is 1.73. The number of aldehydes is 1. The zero-order valence-corrected chi connectivity index (χ0v) is 7.69. The number of carboxylic acid groups (broad SMARTS) is 1. The minimum atomic E-state index is -4.04. The summed E-state index contributed by atoms with van der Waals surface area (Å²) in [6.45, 7) is 1.42. The first-order chi connectivity index (χ1) is 5.70. The van der Waals surface area contributed by atoms with Crippen molar-refractivity contribution in [1.82, 2.24) is 0 Å². The molecule has 0 fully saturated rings. The monoisotopic (exact) mass is 213 g/mol. The van der Waals surface area contributed by atoms with Crippen LogP contribution >= 0.6 is 0 Å². The second-order valence-electron chi connectivity index (χ2n) is 2.04. The fourth-order valence-corrected chi connectivity index (χ4v) is 0.258. The highest BCUT2D eigenvalue weighted by atomic mass is 32.2. The molecule has 0 spiro atoms. The summed E-state index contributed by atoms with van der Waals surface area (Å²) < 4.78 is 26.9. The SMILES string of the molecule is C[C@H](N)C(=O)O.O=CCS(=O)(=O)O. The van der Waals surface area contributed by atoms with Crippen LogP contribution in [-0.4, -0.2) is 42.1 Å². The lowest BCUT2D eigenvalue weighted by Crippen LogP contribution is -2.25. The molecule has 0 saturated carbocycles. The van der Waals surface area contributed by atoms with Gasteiger partial charge in [0.15, 0.2) is 0 Å². The van der Waals surface area contributed by atoms with Gasteiger partial charge < -0.3 is 15.6 Å². The minimum Gasteiger partial charge on any atom is -0.480 e. The van der Waals surface area contributed by atoms with Crippen molar-refractivity contribution in [3.05, 3.63) is 0 Å². The third kappa shape index (κ3) is 18.2. The lowest BCUT2D eigenvalue weighted by Gasteiger charge is -1.90. The molecule has 78 valence electrons. The molecule has 0 bridgehead atoms. The highest BCUT2D eigenvalue weighted by molar-refractivity contribution is 7.86. The average molecular weight is 213 g/mol. The van der Waals surface area contributed by atoms with E-state index in [1.54, 1.807) is 0 Å². The third-order valence-electron chi connectivity index (χ3n) is 0.668. The van der Waals surface area contributed by atoms with Crippen LogP contribution in [0.4, 0.5) is 0 Å². The number of aliphatic carboxylic acids is 1. The van der Waals surface area contributed by atoms with E-state index < -0.39 is 27.9 Å². The van der Waals surface area contributed by atoms with Crippen LogP contribution in [0.25, 0.3) is 0 Å². The molecule has 0 aliphatic rings. The minimum absolute atomic E-state index is 0.120. The zero-order chi connectivity index (χ0) is 11.1. The lowest BCUT2D eigenvalue weighted by atomic mass is 10.4. The predicted molar refractivity (Wildman–Crippen MR) is 43.8 cm³/mol. The Kier molecular flexibility index (Phi) is 7.28. The molecule has 0 aromatic rings. The first-order valence-corrected chi connectivity index (χ1v) is 4.68. The van der Waals surface area contributed by atoms with Gasteiger partial charge in [-0.05, 0) is 6.92 Å². The zero-order valence-electron chi connectivity index (χ0n) is 6.87. The quantitative estimate of drug-likeness (QED) is 0.383. The molecule has 0 rings (SSSR count). The van der Waals surface area contributed by atoms with Gasteiger partial charge in [0.05, 0.1) is 0 Å². The number of rotatable bonds is 3. The molecule has 0 aliphatic carbocycles. The largest absolute Gasteiger partial charge is 0.480 e. The van der Waals surface area contributed by atoms with Gasteiger partial charge in [0.25, 0.3) is 10.1 Å². The summed E-state index contributed by atoms with van der Waals surface area (Å²) in [5, 5.41) is 7.87. The topological polar surface area (TPSA) is 135 Å². The van der Waals surface area contributed by atoms with Gasteiger partial charge in [-0.3, -0.25) is 9.35 Å². The standard InChI is InChI=1S/C3H7NO2.C2H4O4S/c1-2(4)3(5)6;3-1-2-7(4,5)6/h2H,4H2,1H3,(H,5,6);1H,2H2,(H,4,5,6)/t2-;/m0./s1. The molecule has 1 atom stereocenters. The molecule has 13 heavy (non-hydrogen) atoms. The van der Waals surface area contributed by atoms with Crippen LogP contribution < -0.4 is 5.73 Å². The van der Waals surface area contributed by atoms with Crippen molar-refractivity contribution >= 4 is 22.4 Å². The average Bonchev–Trinajstić information content (AvgIpc) is 1.85. The summed E-state index contributed by atoms with van der Waals surface area (Å²) in [4.78, 5) is 18.9. The molecule has 0 aromatic heterocycles. The summed E-state index contributed by atoms with van der Waals surface area (Å²) in [6.07, 6.45) is 0.120. The van der Waals surface area contributed by atoms with Gasteiger partial charge in [0.1, 0.15) is 18.1 Å². The molecule has 0 unspecified atom stereocenters. The molecule has 0 amide bonds. The number of carbonyl (C=O) groups excluding carboxylic acids is 1. The van der Waals surface area contributed by atoms with Crippen LogP contribution in [-0.2, 0) is 19.7 Å². The number of hydrogen-bond donors (Lipinski definition) is 3. The van der Waals surface area contributed by atoms with E-state index in [9.17, 15) is 18.0 Å². The van der Waals surface area contributed by atoms with Crippen LogP contribution in [0, 0.1) is 0 Å². The van der Waals surface area contributed by atoms with Crippen LogP contribution in [0.2, 0.25) is 0 Å². The Bertz CT molecular complexity index is 256. The normalized spacial score (nSPS) is 12.2. The molecule has 0 radical (unpaired) electrons. The molecule has 0 aromatic carbocycles. The van der Waals surface area contributed by atoms with E-state index in [1.165, 1.54) is 6.92 Å². The van der Waals surface area contributed by atoms with E-state index >= 15 is 0 Å². The summed E-state index contributed by atoms with van der Waals surface area (Å²) >= 11 is 0. The fraction of sp³-hybridized carbons (Fsp3) is 0.600. The van der Waals surface area contributed by atoms with Crippen molar-refractivity contribution in [2.75, 3.05) is 5.75 Å². The predicted octanol–water partition coefficient (Wildman–Crippen LogP) is -1.51. The molecule has 0 aliphatic heterocycles. The van der Waals surface area contributed by atoms with Crippen molar-refractivity contribution < 1.29 is 27.7 Å². The van der Waals surface area contributed by atoms with E-state index in [4.69, 9.17) is 15.4 Å². The second-order valence-corrected chi connectivity index (χ2v) is 3.54. The number of nitrogens with two attached hydrogens (primary N) is 1. The molecular weight excluding hydrogens is 202 g/mol. The first-order valence-electron chi connectivity index (χ1n) is 3.08. The first kappa shape index (κ1) is 14.5. The Labute approximate surface area is 75.3 Å². The van der Waals surface area contributed by atoms with Gasteiger partial charge in [0.2, 0.25) is 0 Å². The molecular formula is C5H11NO6S. The molecule has 0 saturated heterocycles. The van der Waals surface area contributed by atoms with Gasteiger partial charge in [0, 0.05) is 0 Å². The van der Waals surface area contributed by atoms with Gasteiger partial charge >= 0.3 is 5.97 Å². The van der Waals surface area contributed by atoms with E-state index in [0.717, 1.165) is 0 Å². The van der Waals surface area contributed by atoms with Crippen molar-refractivity contribution in [3.8, 4) is 0 Å². The van der Waals surface area contributed by atoms with Crippen LogP contribution in [0.15, 0.2) is 0 Å². The number of carbonyl (C=O) groups is 2. The van der Waals surface area contributed by atoms with Crippen molar-refractivity contribution in [1.29, 1.82) is 0 Å². The highest BCUT2D eigenvalue weighted by Gasteiger charge is 1.99. The van der Waals surface area contributed by atoms with Crippen LogP contribution in [0.3, 0.4) is 0 Å². The number of carboxylic acids is 1. The van der Waals surface area contributed by atoms with Gasteiger partial charge in [-0.2, -0.15) is 8.42 Å². The van der Waals surface area contributed by atoms with Crippen LogP contribution in [0.5, 0.6) is 0 Å². The van der Waals surface area contributed by atoms with Crippen molar-refractivity contribution in [2.45, 2.75) is 13.0 Å². The van der Waals surface area contributed by atoms with E-state index in [2.05, 4.69) is 0 Å². The van der Waals surface area contributed by atoms with Gasteiger partial charge in [-0.1, -0.05) is 0 Å². The maximum Gasteiger partial charge on any atom is 0.320 e. The Balaban J connectivity index is 0. The molecule has 4 N–H and O–H groups in total. The van der Waals surface area contributed by atoms with Crippen molar-refractivity contribution in [3.63, 3.8) is 0 Å². The third-order valence-corrected chi connectivity index (χ3v) is 1.23. The van der Waals surface area contributed by atoms with E-state index in [0.29, 0.717) is 0 Å². The lowest BCUT2D eigenvalue weighted by molar-refractivity contribution is -0.138.